The van der Waals surface area contributed by atoms with E-state index in [2.05, 4.69) is 11.9 Å². The SMILES string of the molecule is CCCCN(C)c1[nH]c2ccccc2c1C(=O)O. The van der Waals surface area contributed by atoms with Crippen LogP contribution in [0.5, 0.6) is 0 Å². The van der Waals surface area contributed by atoms with Gasteiger partial charge in [0, 0.05) is 24.5 Å². The molecule has 0 unspecified atom stereocenters. The standard InChI is InChI=1S/C14H18N2O2/c1-3-4-9-16(2)13-12(14(17)18)10-7-5-6-8-11(10)15-13/h5-8,15H,3-4,9H2,1-2H3,(H,17,18). The van der Waals surface area contributed by atoms with Gasteiger partial charge in [-0.15, -0.1) is 0 Å². The maximum absolute atomic E-state index is 11.4. The van der Waals surface area contributed by atoms with Crippen molar-refractivity contribution in [3.63, 3.8) is 0 Å². The first-order valence-corrected chi connectivity index (χ1v) is 6.20. The van der Waals surface area contributed by atoms with Crippen LogP contribution in [0, 0.1) is 0 Å². The summed E-state index contributed by atoms with van der Waals surface area (Å²) in [7, 11) is 1.92. The van der Waals surface area contributed by atoms with Gasteiger partial charge < -0.3 is 15.0 Å². The van der Waals surface area contributed by atoms with E-state index in [9.17, 15) is 9.90 Å². The lowest BCUT2D eigenvalue weighted by Crippen LogP contribution is -2.20. The van der Waals surface area contributed by atoms with Gasteiger partial charge in [-0.05, 0) is 12.5 Å². The number of anilines is 1. The highest BCUT2D eigenvalue weighted by Crippen LogP contribution is 2.28. The molecule has 0 aliphatic heterocycles. The van der Waals surface area contributed by atoms with Crippen LogP contribution in [-0.4, -0.2) is 29.7 Å². The second-order valence-corrected chi connectivity index (χ2v) is 4.47. The molecule has 0 saturated heterocycles. The van der Waals surface area contributed by atoms with Gasteiger partial charge in [0.15, 0.2) is 0 Å². The van der Waals surface area contributed by atoms with Gasteiger partial charge in [-0.1, -0.05) is 31.5 Å². The molecule has 1 aromatic heterocycles. The van der Waals surface area contributed by atoms with Crippen LogP contribution in [0.15, 0.2) is 24.3 Å². The van der Waals surface area contributed by atoms with Gasteiger partial charge in [-0.2, -0.15) is 0 Å². The number of aromatic nitrogens is 1. The molecule has 0 radical (unpaired) electrons. The summed E-state index contributed by atoms with van der Waals surface area (Å²) in [5.41, 5.74) is 1.23. The Balaban J connectivity index is 2.48. The zero-order valence-electron chi connectivity index (χ0n) is 10.7. The third kappa shape index (κ3) is 2.18. The van der Waals surface area contributed by atoms with Gasteiger partial charge in [-0.25, -0.2) is 4.79 Å². The van der Waals surface area contributed by atoms with Crippen LogP contribution in [0.4, 0.5) is 5.82 Å². The Morgan fingerprint density at radius 3 is 2.78 bits per heavy atom. The average Bonchev–Trinajstić information content (AvgIpc) is 2.75. The van der Waals surface area contributed by atoms with Crippen LogP contribution in [-0.2, 0) is 0 Å². The van der Waals surface area contributed by atoms with Crippen molar-refractivity contribution in [2.45, 2.75) is 19.8 Å². The number of nitrogens with one attached hydrogen (secondary N) is 1. The summed E-state index contributed by atoms with van der Waals surface area (Å²) in [4.78, 5) is 16.6. The van der Waals surface area contributed by atoms with Crippen LogP contribution in [0.2, 0.25) is 0 Å². The summed E-state index contributed by atoms with van der Waals surface area (Å²) in [6.45, 7) is 2.97. The highest BCUT2D eigenvalue weighted by Gasteiger charge is 2.19. The number of hydrogen-bond acceptors (Lipinski definition) is 2. The Hall–Kier alpha value is -1.97. The van der Waals surface area contributed by atoms with E-state index in [0.29, 0.717) is 11.4 Å². The molecule has 2 aromatic rings. The number of nitrogens with zero attached hydrogens (tertiary/aromatic N) is 1. The molecule has 0 bridgehead atoms. The number of aromatic carboxylic acids is 1. The van der Waals surface area contributed by atoms with Crippen LogP contribution >= 0.6 is 0 Å². The van der Waals surface area contributed by atoms with E-state index in [0.717, 1.165) is 30.3 Å². The molecule has 0 aliphatic rings. The van der Waals surface area contributed by atoms with Crippen molar-refractivity contribution in [2.75, 3.05) is 18.5 Å². The summed E-state index contributed by atoms with van der Waals surface area (Å²) in [6, 6.07) is 7.50. The second kappa shape index (κ2) is 5.12. The predicted octanol–water partition coefficient (Wildman–Crippen LogP) is 3.10. The molecule has 1 aromatic carbocycles. The fourth-order valence-corrected chi connectivity index (χ4v) is 2.14. The quantitative estimate of drug-likeness (QED) is 0.852. The smallest absolute Gasteiger partial charge is 0.340 e. The largest absolute Gasteiger partial charge is 0.478 e. The maximum atomic E-state index is 11.4. The van der Waals surface area contributed by atoms with E-state index in [1.165, 1.54) is 0 Å². The number of aromatic amines is 1. The Morgan fingerprint density at radius 2 is 2.11 bits per heavy atom. The minimum Gasteiger partial charge on any atom is -0.478 e. The van der Waals surface area contributed by atoms with E-state index in [1.807, 2.05) is 36.2 Å². The molecule has 4 heteroatoms. The van der Waals surface area contributed by atoms with Crippen molar-refractivity contribution in [1.29, 1.82) is 0 Å². The average molecular weight is 246 g/mol. The molecule has 96 valence electrons. The van der Waals surface area contributed by atoms with Gasteiger partial charge in [-0.3, -0.25) is 0 Å². The minimum absolute atomic E-state index is 0.365. The Morgan fingerprint density at radius 1 is 1.39 bits per heavy atom. The van der Waals surface area contributed by atoms with Crippen molar-refractivity contribution in [3.8, 4) is 0 Å². The monoisotopic (exact) mass is 246 g/mol. The molecule has 4 nitrogen and oxygen atoms in total. The minimum atomic E-state index is -0.884. The van der Waals surface area contributed by atoms with Crippen LogP contribution in [0.1, 0.15) is 30.1 Å². The highest BCUT2D eigenvalue weighted by molar-refractivity contribution is 6.08. The van der Waals surface area contributed by atoms with Crippen LogP contribution in [0.25, 0.3) is 10.9 Å². The summed E-state index contributed by atoms with van der Waals surface area (Å²) < 4.78 is 0. The third-order valence-electron chi connectivity index (χ3n) is 3.13. The van der Waals surface area contributed by atoms with Gasteiger partial charge in [0.1, 0.15) is 11.4 Å². The second-order valence-electron chi connectivity index (χ2n) is 4.47. The molecule has 1 heterocycles. The fourth-order valence-electron chi connectivity index (χ4n) is 2.14. The summed E-state index contributed by atoms with van der Waals surface area (Å²) in [6.07, 6.45) is 2.14. The Kier molecular flexibility index (Phi) is 3.55. The lowest BCUT2D eigenvalue weighted by Gasteiger charge is -2.17. The van der Waals surface area contributed by atoms with Gasteiger partial charge in [0.2, 0.25) is 0 Å². The van der Waals surface area contributed by atoms with Crippen LogP contribution < -0.4 is 4.90 Å². The Labute approximate surface area is 106 Å². The molecular weight excluding hydrogens is 228 g/mol. The molecule has 0 atom stereocenters. The number of unbranched alkanes of at least 4 members (excludes halogenated alkanes) is 1. The van der Waals surface area contributed by atoms with E-state index in [4.69, 9.17) is 0 Å². The zero-order chi connectivity index (χ0) is 13.1. The van der Waals surface area contributed by atoms with Crippen molar-refractivity contribution in [1.82, 2.24) is 4.98 Å². The first kappa shape index (κ1) is 12.5. The molecule has 2 rings (SSSR count). The van der Waals surface area contributed by atoms with Gasteiger partial charge in [0.25, 0.3) is 0 Å². The van der Waals surface area contributed by atoms with E-state index in [1.54, 1.807) is 0 Å². The number of fused-ring (bicyclic) bond motifs is 1. The lowest BCUT2D eigenvalue weighted by atomic mass is 10.1. The molecule has 0 fully saturated rings. The first-order valence-electron chi connectivity index (χ1n) is 6.20. The Bertz CT molecular complexity index is 560. The number of benzene rings is 1. The number of para-hydroxylation sites is 1. The lowest BCUT2D eigenvalue weighted by molar-refractivity contribution is 0.0700. The van der Waals surface area contributed by atoms with Gasteiger partial charge in [0.05, 0.1) is 0 Å². The molecule has 0 saturated carbocycles. The van der Waals surface area contributed by atoms with E-state index in [-0.39, 0.29) is 0 Å². The van der Waals surface area contributed by atoms with E-state index < -0.39 is 5.97 Å². The summed E-state index contributed by atoms with van der Waals surface area (Å²) in [5.74, 6) is -0.192. The van der Waals surface area contributed by atoms with Crippen molar-refractivity contribution >= 4 is 22.7 Å². The number of H-pyrrole nitrogens is 1. The number of carbonyl (C=O) groups is 1. The third-order valence-corrected chi connectivity index (χ3v) is 3.13. The van der Waals surface area contributed by atoms with Crippen molar-refractivity contribution in [3.05, 3.63) is 29.8 Å². The summed E-state index contributed by atoms with van der Waals surface area (Å²) >= 11 is 0. The number of rotatable bonds is 5. The topological polar surface area (TPSA) is 56.3 Å². The molecule has 18 heavy (non-hydrogen) atoms. The number of hydrogen-bond donors (Lipinski definition) is 2. The molecular formula is C14H18N2O2. The van der Waals surface area contributed by atoms with Gasteiger partial charge >= 0.3 is 5.97 Å². The zero-order valence-corrected chi connectivity index (χ0v) is 10.7. The molecule has 0 spiro atoms. The number of carboxylic acid groups (broad SMARTS) is 1. The fraction of sp³-hybridized carbons (Fsp3) is 0.357. The normalized spacial score (nSPS) is 10.8. The van der Waals surface area contributed by atoms with E-state index >= 15 is 0 Å². The van der Waals surface area contributed by atoms with Crippen molar-refractivity contribution < 1.29 is 9.90 Å². The molecule has 2 N–H and O–H groups in total. The first-order chi connectivity index (χ1) is 8.65. The predicted molar refractivity (Wildman–Crippen MR) is 73.4 cm³/mol. The maximum Gasteiger partial charge on any atom is 0.340 e. The molecule has 0 amide bonds. The summed E-state index contributed by atoms with van der Waals surface area (Å²) in [5, 5.41) is 10.1. The van der Waals surface area contributed by atoms with Crippen molar-refractivity contribution in [2.24, 2.45) is 0 Å². The molecule has 0 aliphatic carbocycles. The van der Waals surface area contributed by atoms with Crippen LogP contribution in [0.3, 0.4) is 0 Å². The highest BCUT2D eigenvalue weighted by atomic mass is 16.4. The number of carboxylic acids is 1.